The molecular weight excluding hydrogens is 380 g/mol. The van der Waals surface area contributed by atoms with Gasteiger partial charge in [-0.1, -0.05) is 0 Å². The van der Waals surface area contributed by atoms with Crippen LogP contribution in [0.2, 0.25) is 0 Å². The topological polar surface area (TPSA) is 86.4 Å². The predicted octanol–water partition coefficient (Wildman–Crippen LogP) is 3.16. The highest BCUT2D eigenvalue weighted by Gasteiger charge is 2.19. The molecule has 2 aromatic heterocycles. The average Bonchev–Trinajstić information content (AvgIpc) is 3.29. The minimum absolute atomic E-state index is 0.0461. The second-order valence-corrected chi connectivity index (χ2v) is 7.78. The molecule has 3 aromatic rings. The highest BCUT2D eigenvalue weighted by atomic mass is 16.5. The lowest BCUT2D eigenvalue weighted by Gasteiger charge is -2.28. The lowest BCUT2D eigenvalue weighted by molar-refractivity contribution is 0.0303. The van der Waals surface area contributed by atoms with Gasteiger partial charge in [-0.2, -0.15) is 0 Å². The first kappa shape index (κ1) is 18.9. The maximum Gasteiger partial charge on any atom is 0.254 e. The predicted molar refractivity (Wildman–Crippen MR) is 116 cm³/mol. The third-order valence-corrected chi connectivity index (χ3v) is 5.77. The van der Waals surface area contributed by atoms with E-state index in [1.54, 1.807) is 6.33 Å². The van der Waals surface area contributed by atoms with Crippen LogP contribution in [0.15, 0.2) is 36.7 Å². The molecule has 2 aliphatic rings. The van der Waals surface area contributed by atoms with Crippen LogP contribution in [0.4, 0.5) is 17.3 Å². The summed E-state index contributed by atoms with van der Waals surface area (Å²) in [4.78, 5) is 29.3. The SMILES string of the molecule is O=C(c1ccc(Nc2nc(N3CCCCC3)cc3[nH]cnc23)cc1)N1CCOCC1. The zero-order valence-corrected chi connectivity index (χ0v) is 16.9. The first-order chi connectivity index (χ1) is 14.8. The Morgan fingerprint density at radius 2 is 1.80 bits per heavy atom. The number of aromatic nitrogens is 3. The lowest BCUT2D eigenvalue weighted by Crippen LogP contribution is -2.40. The highest BCUT2D eigenvalue weighted by Crippen LogP contribution is 2.28. The Morgan fingerprint density at radius 3 is 2.57 bits per heavy atom. The average molecular weight is 406 g/mol. The van der Waals surface area contributed by atoms with E-state index in [0.29, 0.717) is 31.9 Å². The fourth-order valence-electron chi connectivity index (χ4n) is 4.09. The molecular formula is C22H26N6O2. The molecule has 0 bridgehead atoms. The zero-order valence-electron chi connectivity index (χ0n) is 16.9. The van der Waals surface area contributed by atoms with Gasteiger partial charge in [0.1, 0.15) is 11.3 Å². The Labute approximate surface area is 175 Å². The Kier molecular flexibility index (Phi) is 5.23. The summed E-state index contributed by atoms with van der Waals surface area (Å²) in [6.07, 6.45) is 5.37. The Bertz CT molecular complexity index is 1020. The molecule has 1 aromatic carbocycles. The summed E-state index contributed by atoms with van der Waals surface area (Å²) >= 11 is 0. The highest BCUT2D eigenvalue weighted by molar-refractivity contribution is 5.95. The quantitative estimate of drug-likeness (QED) is 0.692. The van der Waals surface area contributed by atoms with E-state index in [2.05, 4.69) is 26.3 Å². The molecule has 8 heteroatoms. The molecule has 2 aliphatic heterocycles. The molecule has 0 spiro atoms. The molecule has 0 radical (unpaired) electrons. The third kappa shape index (κ3) is 3.82. The molecule has 2 fully saturated rings. The molecule has 1 amide bonds. The molecule has 0 atom stereocenters. The number of nitrogens with one attached hydrogen (secondary N) is 2. The van der Waals surface area contributed by atoms with Gasteiger partial charge in [0.2, 0.25) is 0 Å². The van der Waals surface area contributed by atoms with E-state index in [-0.39, 0.29) is 5.91 Å². The van der Waals surface area contributed by atoms with Crippen molar-refractivity contribution in [3.8, 4) is 0 Å². The third-order valence-electron chi connectivity index (χ3n) is 5.77. The van der Waals surface area contributed by atoms with Crippen molar-refractivity contribution in [2.24, 2.45) is 0 Å². The number of hydrogen-bond donors (Lipinski definition) is 2. The van der Waals surface area contributed by atoms with Gasteiger partial charge >= 0.3 is 0 Å². The number of carbonyl (C=O) groups is 1. The summed E-state index contributed by atoms with van der Waals surface area (Å²) in [7, 11) is 0. The second kappa shape index (κ2) is 8.31. The smallest absolute Gasteiger partial charge is 0.254 e. The summed E-state index contributed by atoms with van der Waals surface area (Å²) in [5.41, 5.74) is 3.33. The van der Waals surface area contributed by atoms with Crippen LogP contribution in [0, 0.1) is 0 Å². The normalized spacial score (nSPS) is 17.3. The molecule has 8 nitrogen and oxygen atoms in total. The van der Waals surface area contributed by atoms with Gasteiger partial charge in [-0.15, -0.1) is 0 Å². The first-order valence-corrected chi connectivity index (χ1v) is 10.6. The van der Waals surface area contributed by atoms with Crippen molar-refractivity contribution in [1.29, 1.82) is 0 Å². The summed E-state index contributed by atoms with van der Waals surface area (Å²) in [6, 6.07) is 9.62. The number of H-pyrrole nitrogens is 1. The van der Waals surface area contributed by atoms with Crippen LogP contribution < -0.4 is 10.2 Å². The number of hydrogen-bond acceptors (Lipinski definition) is 6. The number of carbonyl (C=O) groups excluding carboxylic acids is 1. The Balaban J connectivity index is 1.37. The maximum absolute atomic E-state index is 12.6. The summed E-state index contributed by atoms with van der Waals surface area (Å²) in [5.74, 6) is 1.74. The number of benzene rings is 1. The van der Waals surface area contributed by atoms with Crippen molar-refractivity contribution in [2.45, 2.75) is 19.3 Å². The van der Waals surface area contributed by atoms with E-state index < -0.39 is 0 Å². The van der Waals surface area contributed by atoms with Crippen LogP contribution in [0.3, 0.4) is 0 Å². The summed E-state index contributed by atoms with van der Waals surface area (Å²) in [5, 5.41) is 3.39. The monoisotopic (exact) mass is 406 g/mol. The van der Waals surface area contributed by atoms with Crippen molar-refractivity contribution in [1.82, 2.24) is 19.9 Å². The fraction of sp³-hybridized carbons (Fsp3) is 0.409. The van der Waals surface area contributed by atoms with Crippen LogP contribution in [0.25, 0.3) is 11.0 Å². The van der Waals surface area contributed by atoms with E-state index in [0.717, 1.165) is 41.4 Å². The van der Waals surface area contributed by atoms with Gasteiger partial charge in [0.15, 0.2) is 5.82 Å². The van der Waals surface area contributed by atoms with Gasteiger partial charge in [-0.25, -0.2) is 9.97 Å². The number of aromatic amines is 1. The number of fused-ring (bicyclic) bond motifs is 1. The molecule has 0 saturated carbocycles. The van der Waals surface area contributed by atoms with Crippen LogP contribution in [-0.4, -0.2) is 65.2 Å². The number of pyridine rings is 1. The van der Waals surface area contributed by atoms with E-state index in [1.165, 1.54) is 19.3 Å². The Morgan fingerprint density at radius 1 is 1.03 bits per heavy atom. The van der Waals surface area contributed by atoms with Crippen molar-refractivity contribution < 1.29 is 9.53 Å². The fourth-order valence-corrected chi connectivity index (χ4v) is 4.09. The minimum atomic E-state index is 0.0461. The van der Waals surface area contributed by atoms with Gasteiger partial charge in [0.05, 0.1) is 25.1 Å². The number of anilines is 3. The van der Waals surface area contributed by atoms with Crippen LogP contribution >= 0.6 is 0 Å². The van der Waals surface area contributed by atoms with Gasteiger partial charge in [-0.05, 0) is 43.5 Å². The number of amides is 1. The summed E-state index contributed by atoms with van der Waals surface area (Å²) in [6.45, 7) is 4.55. The molecule has 2 N–H and O–H groups in total. The van der Waals surface area contributed by atoms with Crippen molar-refractivity contribution in [3.63, 3.8) is 0 Å². The molecule has 2 saturated heterocycles. The first-order valence-electron chi connectivity index (χ1n) is 10.6. The minimum Gasteiger partial charge on any atom is -0.378 e. The Hall–Kier alpha value is -3.13. The van der Waals surface area contributed by atoms with E-state index in [1.807, 2.05) is 29.2 Å². The van der Waals surface area contributed by atoms with Crippen LogP contribution in [0.5, 0.6) is 0 Å². The standard InChI is InChI=1S/C22H26N6O2/c29-22(28-10-12-30-13-11-28)16-4-6-17(7-5-16)25-21-20-18(23-15-24-20)14-19(26-21)27-8-2-1-3-9-27/h4-7,14-15H,1-3,8-13H2,(H,23,24)(H,25,26). The molecule has 0 aliphatic carbocycles. The number of morpholine rings is 1. The number of rotatable bonds is 4. The molecule has 156 valence electrons. The van der Waals surface area contributed by atoms with Crippen molar-refractivity contribution in [3.05, 3.63) is 42.2 Å². The van der Waals surface area contributed by atoms with E-state index in [9.17, 15) is 4.79 Å². The molecule has 5 rings (SSSR count). The van der Waals surface area contributed by atoms with Crippen molar-refractivity contribution in [2.75, 3.05) is 49.6 Å². The van der Waals surface area contributed by atoms with E-state index in [4.69, 9.17) is 9.72 Å². The largest absolute Gasteiger partial charge is 0.378 e. The van der Waals surface area contributed by atoms with Crippen LogP contribution in [0.1, 0.15) is 29.6 Å². The number of imidazole rings is 1. The van der Waals surface area contributed by atoms with Gasteiger partial charge in [0.25, 0.3) is 5.91 Å². The summed E-state index contributed by atoms with van der Waals surface area (Å²) < 4.78 is 5.33. The lowest BCUT2D eigenvalue weighted by atomic mass is 10.1. The number of nitrogens with zero attached hydrogens (tertiary/aromatic N) is 4. The molecule has 30 heavy (non-hydrogen) atoms. The molecule has 4 heterocycles. The number of piperidine rings is 1. The molecule has 0 unspecified atom stereocenters. The van der Waals surface area contributed by atoms with Crippen molar-refractivity contribution >= 4 is 34.3 Å². The maximum atomic E-state index is 12.6. The van der Waals surface area contributed by atoms with Gasteiger partial charge < -0.3 is 24.8 Å². The zero-order chi connectivity index (χ0) is 20.3. The van der Waals surface area contributed by atoms with E-state index >= 15 is 0 Å². The van der Waals surface area contributed by atoms with Gasteiger partial charge in [0, 0.05) is 43.5 Å². The van der Waals surface area contributed by atoms with Gasteiger partial charge in [-0.3, -0.25) is 4.79 Å². The van der Waals surface area contributed by atoms with Crippen LogP contribution in [-0.2, 0) is 4.74 Å². The second-order valence-electron chi connectivity index (χ2n) is 7.78. The number of ether oxygens (including phenoxy) is 1.